The minimum absolute atomic E-state index is 0.0943. The quantitative estimate of drug-likeness (QED) is 0.507. The van der Waals surface area contributed by atoms with Crippen LogP contribution in [0, 0.1) is 12.8 Å². The Kier molecular flexibility index (Phi) is 8.15. The van der Waals surface area contributed by atoms with Crippen molar-refractivity contribution >= 4 is 10.0 Å². The van der Waals surface area contributed by atoms with Gasteiger partial charge in [0.1, 0.15) is 16.7 Å². The number of rotatable bonds is 7. The molecule has 3 atom stereocenters. The van der Waals surface area contributed by atoms with Gasteiger partial charge in [-0.15, -0.1) is 0 Å². The number of hydrogen-bond acceptors (Lipinski definition) is 5. The fraction of sp³-hybridized carbons (Fsp3) is 0.379. The normalized spacial score (nSPS) is 20.7. The average molecular weight is 509 g/mol. The molecule has 0 radical (unpaired) electrons. The lowest BCUT2D eigenvalue weighted by Gasteiger charge is -2.37. The van der Waals surface area contributed by atoms with Gasteiger partial charge in [-0.25, -0.2) is 8.42 Å². The van der Waals surface area contributed by atoms with Crippen molar-refractivity contribution in [3.63, 3.8) is 0 Å². The molecule has 0 saturated carbocycles. The first kappa shape index (κ1) is 26.4. The Labute approximate surface area is 215 Å². The molecule has 6 nitrogen and oxygen atoms in total. The van der Waals surface area contributed by atoms with Gasteiger partial charge in [0.2, 0.25) is 10.0 Å². The molecule has 0 saturated heterocycles. The van der Waals surface area contributed by atoms with E-state index >= 15 is 0 Å². The predicted octanol–water partition coefficient (Wildman–Crippen LogP) is 4.56. The molecule has 1 aliphatic heterocycles. The first-order valence-corrected chi connectivity index (χ1v) is 13.9. The molecule has 3 aromatic carbocycles. The largest absolute Gasteiger partial charge is 0.487 e. The van der Waals surface area contributed by atoms with Crippen molar-refractivity contribution in [1.29, 1.82) is 0 Å². The zero-order chi connectivity index (χ0) is 25.9. The number of aliphatic hydroxyl groups excluding tert-OH is 1. The van der Waals surface area contributed by atoms with E-state index in [1.807, 2.05) is 68.4 Å². The van der Waals surface area contributed by atoms with E-state index in [4.69, 9.17) is 4.74 Å². The average Bonchev–Trinajstić information content (AvgIpc) is 2.86. The summed E-state index contributed by atoms with van der Waals surface area (Å²) in [5, 5.41) is 9.86. The SMILES string of the molecule is Cc1ccc(-c2ccc3c(c2)O[C@H](CN(C)Cc2ccccc2)[C@H](C)CN([C@H](C)CO)S3(=O)=O)cc1. The van der Waals surface area contributed by atoms with Crippen molar-refractivity contribution in [2.75, 3.05) is 26.7 Å². The predicted molar refractivity (Wildman–Crippen MR) is 143 cm³/mol. The monoisotopic (exact) mass is 508 g/mol. The van der Waals surface area contributed by atoms with E-state index in [0.29, 0.717) is 12.3 Å². The van der Waals surface area contributed by atoms with Gasteiger partial charge >= 0.3 is 0 Å². The molecule has 0 unspecified atom stereocenters. The number of sulfonamides is 1. The molecule has 0 amide bonds. The lowest BCUT2D eigenvalue weighted by Crippen LogP contribution is -2.49. The van der Waals surface area contributed by atoms with Crippen LogP contribution >= 0.6 is 0 Å². The van der Waals surface area contributed by atoms with Crippen molar-refractivity contribution in [3.8, 4) is 16.9 Å². The van der Waals surface area contributed by atoms with Gasteiger partial charge in [0, 0.05) is 31.6 Å². The minimum atomic E-state index is -3.86. The number of hydrogen-bond donors (Lipinski definition) is 1. The van der Waals surface area contributed by atoms with Gasteiger partial charge < -0.3 is 9.84 Å². The van der Waals surface area contributed by atoms with Crippen LogP contribution in [0.4, 0.5) is 0 Å². The maximum absolute atomic E-state index is 13.7. The molecular weight excluding hydrogens is 472 g/mol. The zero-order valence-corrected chi connectivity index (χ0v) is 22.3. The maximum Gasteiger partial charge on any atom is 0.247 e. The van der Waals surface area contributed by atoms with E-state index < -0.39 is 16.1 Å². The van der Waals surface area contributed by atoms with E-state index in [1.165, 1.54) is 9.87 Å². The van der Waals surface area contributed by atoms with Crippen molar-refractivity contribution in [3.05, 3.63) is 83.9 Å². The number of aliphatic hydroxyl groups is 1. The third kappa shape index (κ3) is 5.81. The molecule has 0 aromatic heterocycles. The molecule has 0 bridgehead atoms. The maximum atomic E-state index is 13.7. The van der Waals surface area contributed by atoms with Gasteiger partial charge in [0.15, 0.2) is 0 Å². The number of fused-ring (bicyclic) bond motifs is 1. The number of likely N-dealkylation sites (N-methyl/N-ethyl adjacent to an activating group) is 1. The number of nitrogens with zero attached hydrogens (tertiary/aromatic N) is 2. The van der Waals surface area contributed by atoms with Gasteiger partial charge in [0.25, 0.3) is 0 Å². The van der Waals surface area contributed by atoms with Crippen LogP contribution in [0.1, 0.15) is 25.0 Å². The summed E-state index contributed by atoms with van der Waals surface area (Å²) in [5.74, 6) is 0.260. The van der Waals surface area contributed by atoms with Gasteiger partial charge in [-0.05, 0) is 49.7 Å². The minimum Gasteiger partial charge on any atom is -0.487 e. The first-order valence-electron chi connectivity index (χ1n) is 12.4. The molecule has 1 N–H and O–H groups in total. The fourth-order valence-corrected chi connectivity index (χ4v) is 6.46. The second-order valence-corrected chi connectivity index (χ2v) is 11.8. The van der Waals surface area contributed by atoms with Crippen LogP contribution in [0.5, 0.6) is 5.75 Å². The third-order valence-corrected chi connectivity index (χ3v) is 8.86. The molecule has 0 spiro atoms. The second kappa shape index (κ2) is 11.1. The Morgan fingerprint density at radius 1 is 1.06 bits per heavy atom. The molecule has 3 aromatic rings. The fourth-order valence-electron chi connectivity index (χ4n) is 4.64. The van der Waals surface area contributed by atoms with E-state index in [1.54, 1.807) is 13.0 Å². The Bertz CT molecular complexity index is 1260. The second-order valence-electron chi connectivity index (χ2n) is 9.95. The van der Waals surface area contributed by atoms with Crippen LogP contribution < -0.4 is 4.74 Å². The van der Waals surface area contributed by atoms with Crippen molar-refractivity contribution in [2.24, 2.45) is 5.92 Å². The molecule has 1 aliphatic rings. The number of ether oxygens (including phenoxy) is 1. The standard InChI is InChI=1S/C29H36N2O4S/c1-21-10-12-25(13-11-21)26-14-15-29-27(16-26)35-28(19-30(4)18-24-8-6-5-7-9-24)22(2)17-31(23(3)20-32)36(29,33)34/h5-16,22-23,28,32H,17-20H2,1-4H3/t22-,23-,28-/m1/s1. The Morgan fingerprint density at radius 3 is 2.39 bits per heavy atom. The molecule has 7 heteroatoms. The molecule has 0 fully saturated rings. The van der Waals surface area contributed by atoms with Crippen LogP contribution in [0.3, 0.4) is 0 Å². The summed E-state index contributed by atoms with van der Waals surface area (Å²) in [4.78, 5) is 2.34. The van der Waals surface area contributed by atoms with Crippen molar-refractivity contribution < 1.29 is 18.3 Å². The van der Waals surface area contributed by atoms with Crippen LogP contribution in [-0.2, 0) is 16.6 Å². The molecule has 36 heavy (non-hydrogen) atoms. The zero-order valence-electron chi connectivity index (χ0n) is 21.5. The summed E-state index contributed by atoms with van der Waals surface area (Å²) in [6.45, 7) is 7.21. The lowest BCUT2D eigenvalue weighted by molar-refractivity contribution is 0.0734. The smallest absolute Gasteiger partial charge is 0.247 e. The summed E-state index contributed by atoms with van der Waals surface area (Å²) < 4.78 is 35.4. The first-order chi connectivity index (χ1) is 17.2. The molecule has 192 valence electrons. The Hall–Kier alpha value is -2.71. The summed E-state index contributed by atoms with van der Waals surface area (Å²) in [7, 11) is -1.81. The van der Waals surface area contributed by atoms with Crippen LogP contribution in [0.15, 0.2) is 77.7 Å². The highest BCUT2D eigenvalue weighted by Crippen LogP contribution is 2.36. The van der Waals surface area contributed by atoms with Gasteiger partial charge in [-0.3, -0.25) is 4.90 Å². The number of aryl methyl sites for hydroxylation is 1. The number of benzene rings is 3. The topological polar surface area (TPSA) is 70.1 Å². The molecule has 1 heterocycles. The van der Waals surface area contributed by atoms with Gasteiger partial charge in [0.05, 0.1) is 6.61 Å². The van der Waals surface area contributed by atoms with Crippen LogP contribution in [-0.4, -0.2) is 61.6 Å². The Balaban J connectivity index is 1.72. The van der Waals surface area contributed by atoms with Crippen LogP contribution in [0.2, 0.25) is 0 Å². The molecular formula is C29H36N2O4S. The highest BCUT2D eigenvalue weighted by atomic mass is 32.2. The van der Waals surface area contributed by atoms with Crippen molar-refractivity contribution in [2.45, 2.75) is 44.4 Å². The van der Waals surface area contributed by atoms with E-state index in [2.05, 4.69) is 24.1 Å². The van der Waals surface area contributed by atoms with E-state index in [0.717, 1.165) is 23.2 Å². The molecule has 4 rings (SSSR count). The van der Waals surface area contributed by atoms with E-state index in [-0.39, 0.29) is 30.1 Å². The van der Waals surface area contributed by atoms with Gasteiger partial charge in [-0.1, -0.05) is 73.2 Å². The summed E-state index contributed by atoms with van der Waals surface area (Å²) in [5.41, 5.74) is 4.26. The molecule has 0 aliphatic carbocycles. The highest BCUT2D eigenvalue weighted by Gasteiger charge is 2.38. The van der Waals surface area contributed by atoms with Crippen molar-refractivity contribution in [1.82, 2.24) is 9.21 Å². The highest BCUT2D eigenvalue weighted by molar-refractivity contribution is 7.89. The van der Waals surface area contributed by atoms with Crippen LogP contribution in [0.25, 0.3) is 11.1 Å². The van der Waals surface area contributed by atoms with E-state index in [9.17, 15) is 13.5 Å². The Morgan fingerprint density at radius 2 is 1.72 bits per heavy atom. The summed E-state index contributed by atoms with van der Waals surface area (Å²) in [6, 6.07) is 23.2. The summed E-state index contributed by atoms with van der Waals surface area (Å²) in [6.07, 6.45) is -0.241. The third-order valence-electron chi connectivity index (χ3n) is 6.84. The summed E-state index contributed by atoms with van der Waals surface area (Å²) >= 11 is 0. The lowest BCUT2D eigenvalue weighted by atomic mass is 10.0. The van der Waals surface area contributed by atoms with Gasteiger partial charge in [-0.2, -0.15) is 4.31 Å².